The predicted octanol–water partition coefficient (Wildman–Crippen LogP) is 2.27. The lowest BCUT2D eigenvalue weighted by atomic mass is 10.1. The minimum absolute atomic E-state index is 0.0649. The number of aromatic nitrogens is 3. The molecule has 1 N–H and O–H groups in total. The van der Waals surface area contributed by atoms with Crippen LogP contribution in [0.25, 0.3) is 0 Å². The number of nitrogens with one attached hydrogen (secondary N) is 1. The second-order valence-electron chi connectivity index (χ2n) is 7.02. The van der Waals surface area contributed by atoms with E-state index in [0.29, 0.717) is 12.5 Å². The molecule has 1 aliphatic carbocycles. The fraction of sp³-hybridized carbons (Fsp3) is 0.688. The van der Waals surface area contributed by atoms with Crippen molar-refractivity contribution in [3.63, 3.8) is 0 Å². The van der Waals surface area contributed by atoms with Gasteiger partial charge in [0.05, 0.1) is 5.92 Å². The van der Waals surface area contributed by atoms with E-state index in [4.69, 9.17) is 0 Å². The Labute approximate surface area is 126 Å². The smallest absolute Gasteiger partial charge is 0.224 e. The van der Waals surface area contributed by atoms with Gasteiger partial charge in [0.15, 0.2) is 0 Å². The molecule has 1 fully saturated rings. The van der Waals surface area contributed by atoms with Crippen molar-refractivity contribution in [2.45, 2.75) is 40.5 Å². The molecule has 0 bridgehead atoms. The zero-order chi connectivity index (χ0) is 15.8. The Morgan fingerprint density at radius 3 is 2.71 bits per heavy atom. The fourth-order valence-electron chi connectivity index (χ4n) is 3.04. The molecule has 1 heterocycles. The molecule has 3 atom stereocenters. The summed E-state index contributed by atoms with van der Waals surface area (Å²) in [5.74, 6) is 1.64. The van der Waals surface area contributed by atoms with Gasteiger partial charge < -0.3 is 9.88 Å². The summed E-state index contributed by atoms with van der Waals surface area (Å²) in [4.78, 5) is 12.4. The Bertz CT molecular complexity index is 554. The summed E-state index contributed by atoms with van der Waals surface area (Å²) in [6.07, 6.45) is 3.90. The molecule has 0 aromatic carbocycles. The van der Waals surface area contributed by atoms with E-state index in [-0.39, 0.29) is 23.2 Å². The summed E-state index contributed by atoms with van der Waals surface area (Å²) in [5, 5.41) is 11.0. The maximum absolute atomic E-state index is 12.4. The summed E-state index contributed by atoms with van der Waals surface area (Å²) in [7, 11) is 1.92. The number of aryl methyl sites for hydroxylation is 1. The molecule has 0 aliphatic heterocycles. The molecule has 1 aromatic rings. The fourth-order valence-corrected chi connectivity index (χ4v) is 3.04. The Morgan fingerprint density at radius 1 is 1.52 bits per heavy atom. The Morgan fingerprint density at radius 2 is 2.19 bits per heavy atom. The number of rotatable bonds is 5. The Kier molecular flexibility index (Phi) is 4.21. The number of hydrogen-bond acceptors (Lipinski definition) is 3. The van der Waals surface area contributed by atoms with Gasteiger partial charge in [-0.05, 0) is 25.2 Å². The number of nitrogens with zero attached hydrogens (tertiary/aromatic N) is 3. The summed E-state index contributed by atoms with van der Waals surface area (Å²) in [6, 6.07) is 0. The molecule has 2 rings (SSSR count). The van der Waals surface area contributed by atoms with Crippen molar-refractivity contribution < 1.29 is 4.79 Å². The van der Waals surface area contributed by atoms with E-state index in [1.807, 2.05) is 11.6 Å². The highest BCUT2D eigenvalue weighted by atomic mass is 16.2. The molecule has 1 aliphatic rings. The monoisotopic (exact) mass is 290 g/mol. The van der Waals surface area contributed by atoms with Crippen LogP contribution < -0.4 is 5.32 Å². The minimum Gasteiger partial charge on any atom is -0.355 e. The molecule has 0 unspecified atom stereocenters. The van der Waals surface area contributed by atoms with Crippen molar-refractivity contribution >= 4 is 5.91 Å². The van der Waals surface area contributed by atoms with Crippen LogP contribution in [0.2, 0.25) is 0 Å². The van der Waals surface area contributed by atoms with E-state index in [9.17, 15) is 4.79 Å². The minimum atomic E-state index is 0.0649. The van der Waals surface area contributed by atoms with Crippen molar-refractivity contribution in [1.82, 2.24) is 20.1 Å². The van der Waals surface area contributed by atoms with Crippen molar-refractivity contribution in [1.29, 1.82) is 0 Å². The summed E-state index contributed by atoms with van der Waals surface area (Å²) >= 11 is 0. The Balaban J connectivity index is 1.91. The highest BCUT2D eigenvalue weighted by Crippen LogP contribution is 2.59. The predicted molar refractivity (Wildman–Crippen MR) is 82.6 cm³/mol. The average molecular weight is 290 g/mol. The molecule has 21 heavy (non-hydrogen) atoms. The summed E-state index contributed by atoms with van der Waals surface area (Å²) in [5.41, 5.74) is 1.34. The number of allylic oxidation sites excluding steroid dienone is 2. The number of carbonyl (C=O) groups excluding carboxylic acids is 1. The molecule has 116 valence electrons. The van der Waals surface area contributed by atoms with Crippen molar-refractivity contribution in [3.05, 3.63) is 23.8 Å². The molecule has 1 aromatic heterocycles. The van der Waals surface area contributed by atoms with Gasteiger partial charge in [-0.15, -0.1) is 10.2 Å². The van der Waals surface area contributed by atoms with Crippen LogP contribution >= 0.6 is 0 Å². The van der Waals surface area contributed by atoms with Gasteiger partial charge in [-0.1, -0.05) is 32.4 Å². The van der Waals surface area contributed by atoms with E-state index < -0.39 is 0 Å². The average Bonchev–Trinajstić information content (AvgIpc) is 2.72. The third-order valence-corrected chi connectivity index (χ3v) is 4.48. The first kappa shape index (κ1) is 15.7. The molecule has 0 radical (unpaired) electrons. The molecule has 0 spiro atoms. The Hall–Kier alpha value is -1.65. The van der Waals surface area contributed by atoms with Gasteiger partial charge in [0.1, 0.15) is 12.2 Å². The number of carbonyl (C=O) groups is 1. The molecule has 5 heteroatoms. The van der Waals surface area contributed by atoms with Crippen molar-refractivity contribution in [2.24, 2.45) is 24.3 Å². The number of amides is 1. The SMILES string of the molecule is CC(C)=C[C@@H]1[C@H](C(=O)NC[C@H](C)c2nncn2C)C1(C)C. The van der Waals surface area contributed by atoms with Crippen molar-refractivity contribution in [2.75, 3.05) is 6.54 Å². The van der Waals surface area contributed by atoms with Crippen LogP contribution in [0.1, 0.15) is 46.4 Å². The molecular weight excluding hydrogens is 264 g/mol. The lowest BCUT2D eigenvalue weighted by Gasteiger charge is -2.12. The van der Waals surface area contributed by atoms with E-state index in [0.717, 1.165) is 5.82 Å². The van der Waals surface area contributed by atoms with Crippen LogP contribution in [0, 0.1) is 17.3 Å². The molecule has 1 saturated carbocycles. The first-order valence-corrected chi connectivity index (χ1v) is 7.51. The van der Waals surface area contributed by atoms with E-state index >= 15 is 0 Å². The lowest BCUT2D eigenvalue weighted by molar-refractivity contribution is -0.123. The first-order valence-electron chi connectivity index (χ1n) is 7.51. The molecule has 5 nitrogen and oxygen atoms in total. The van der Waals surface area contributed by atoms with E-state index in [2.05, 4.69) is 56.2 Å². The lowest BCUT2D eigenvalue weighted by Crippen LogP contribution is -2.31. The third-order valence-electron chi connectivity index (χ3n) is 4.48. The topological polar surface area (TPSA) is 59.8 Å². The molecule has 1 amide bonds. The van der Waals surface area contributed by atoms with E-state index in [1.165, 1.54) is 5.57 Å². The zero-order valence-corrected chi connectivity index (χ0v) is 13.8. The van der Waals surface area contributed by atoms with Gasteiger partial charge >= 0.3 is 0 Å². The summed E-state index contributed by atoms with van der Waals surface area (Å²) in [6.45, 7) is 11.1. The van der Waals surface area contributed by atoms with Crippen molar-refractivity contribution in [3.8, 4) is 0 Å². The maximum Gasteiger partial charge on any atom is 0.224 e. The van der Waals surface area contributed by atoms with Gasteiger partial charge in [0.25, 0.3) is 0 Å². The van der Waals surface area contributed by atoms with Crippen LogP contribution in [-0.2, 0) is 11.8 Å². The second kappa shape index (κ2) is 5.62. The van der Waals surface area contributed by atoms with Crippen LogP contribution in [-0.4, -0.2) is 27.2 Å². The van der Waals surface area contributed by atoms with Gasteiger partial charge in [0.2, 0.25) is 5.91 Å². The molecule has 0 saturated heterocycles. The van der Waals surface area contributed by atoms with E-state index in [1.54, 1.807) is 6.33 Å². The van der Waals surface area contributed by atoms with Crippen LogP contribution in [0.4, 0.5) is 0 Å². The van der Waals surface area contributed by atoms with Crippen LogP contribution in [0.15, 0.2) is 18.0 Å². The van der Waals surface area contributed by atoms with Gasteiger partial charge in [-0.2, -0.15) is 0 Å². The normalized spacial score (nSPS) is 24.3. The first-order chi connectivity index (χ1) is 9.75. The standard InChI is InChI=1S/C16H26N4O/c1-10(2)7-12-13(16(12,4)5)15(21)17-8-11(3)14-19-18-9-20(14)6/h7,9,11-13H,8H2,1-6H3,(H,17,21)/t11-,12+,13+/m0/s1. The summed E-state index contributed by atoms with van der Waals surface area (Å²) < 4.78 is 1.89. The van der Waals surface area contributed by atoms with Crippen LogP contribution in [0.3, 0.4) is 0 Å². The highest BCUT2D eigenvalue weighted by molar-refractivity contribution is 5.83. The van der Waals surface area contributed by atoms with Gasteiger partial charge in [-0.3, -0.25) is 4.79 Å². The largest absolute Gasteiger partial charge is 0.355 e. The highest BCUT2D eigenvalue weighted by Gasteiger charge is 2.60. The molecular formula is C16H26N4O. The third kappa shape index (κ3) is 3.17. The number of hydrogen-bond donors (Lipinski definition) is 1. The van der Waals surface area contributed by atoms with Crippen LogP contribution in [0.5, 0.6) is 0 Å². The van der Waals surface area contributed by atoms with Gasteiger partial charge in [-0.25, -0.2) is 0 Å². The maximum atomic E-state index is 12.4. The zero-order valence-electron chi connectivity index (χ0n) is 13.8. The quantitative estimate of drug-likeness (QED) is 0.846. The second-order valence-corrected chi connectivity index (χ2v) is 7.02. The van der Waals surface area contributed by atoms with Gasteiger partial charge in [0, 0.05) is 19.5 Å².